The summed E-state index contributed by atoms with van der Waals surface area (Å²) in [4.78, 5) is 0. The molecular formula is C17H21NO3. The molecule has 2 aliphatic rings. The third kappa shape index (κ3) is 2.58. The first kappa shape index (κ1) is 14.2. The molecule has 1 saturated carbocycles. The van der Waals surface area contributed by atoms with Crippen molar-refractivity contribution >= 4 is 0 Å². The molecule has 1 aliphatic carbocycles. The molecule has 1 heterocycles. The van der Waals surface area contributed by atoms with Crippen LogP contribution in [-0.4, -0.2) is 18.3 Å². The first-order valence-corrected chi connectivity index (χ1v) is 7.63. The number of nitrogens with zero attached hydrogens (tertiary/aromatic N) is 1. The van der Waals surface area contributed by atoms with Gasteiger partial charge in [0.1, 0.15) is 13.2 Å². The lowest BCUT2D eigenvalue weighted by Crippen LogP contribution is -2.32. The van der Waals surface area contributed by atoms with Crippen LogP contribution < -0.4 is 9.47 Å². The van der Waals surface area contributed by atoms with Crippen LogP contribution in [0.25, 0.3) is 0 Å². The van der Waals surface area contributed by atoms with Crippen LogP contribution in [0.1, 0.15) is 44.3 Å². The fourth-order valence-corrected chi connectivity index (χ4v) is 3.27. The highest BCUT2D eigenvalue weighted by Gasteiger charge is 2.42. The molecule has 0 aromatic heterocycles. The zero-order valence-electron chi connectivity index (χ0n) is 12.3. The van der Waals surface area contributed by atoms with Gasteiger partial charge in [-0.2, -0.15) is 5.26 Å². The van der Waals surface area contributed by atoms with Gasteiger partial charge in [-0.3, -0.25) is 0 Å². The Balaban J connectivity index is 1.87. The number of hydrogen-bond acceptors (Lipinski definition) is 4. The second-order valence-corrected chi connectivity index (χ2v) is 6.26. The van der Waals surface area contributed by atoms with E-state index in [2.05, 4.69) is 13.0 Å². The Bertz CT molecular complexity index is 556. The van der Waals surface area contributed by atoms with Crippen molar-refractivity contribution in [3.8, 4) is 17.6 Å². The van der Waals surface area contributed by atoms with E-state index >= 15 is 0 Å². The summed E-state index contributed by atoms with van der Waals surface area (Å²) >= 11 is 0. The van der Waals surface area contributed by atoms with E-state index in [1.54, 1.807) is 0 Å². The summed E-state index contributed by atoms with van der Waals surface area (Å²) in [6.45, 7) is 3.28. The second-order valence-electron chi connectivity index (χ2n) is 6.26. The minimum Gasteiger partial charge on any atom is -0.486 e. The molecule has 1 aromatic carbocycles. The largest absolute Gasteiger partial charge is 0.486 e. The van der Waals surface area contributed by atoms with E-state index < -0.39 is 11.5 Å². The summed E-state index contributed by atoms with van der Waals surface area (Å²) < 4.78 is 11.1. The number of aliphatic hydroxyl groups is 1. The van der Waals surface area contributed by atoms with Crippen LogP contribution in [0.15, 0.2) is 18.2 Å². The highest BCUT2D eigenvalue weighted by atomic mass is 16.6. The smallest absolute Gasteiger partial charge is 0.161 e. The molecule has 0 saturated heterocycles. The van der Waals surface area contributed by atoms with Gasteiger partial charge < -0.3 is 14.6 Å². The molecule has 1 aliphatic heterocycles. The maximum absolute atomic E-state index is 10.8. The Labute approximate surface area is 125 Å². The Kier molecular flexibility index (Phi) is 3.77. The van der Waals surface area contributed by atoms with E-state index in [-0.39, 0.29) is 0 Å². The number of rotatable bonds is 2. The van der Waals surface area contributed by atoms with E-state index in [0.29, 0.717) is 30.6 Å². The van der Waals surface area contributed by atoms with E-state index in [0.717, 1.165) is 31.2 Å². The van der Waals surface area contributed by atoms with Crippen LogP contribution in [0.2, 0.25) is 0 Å². The molecule has 0 spiro atoms. The fourth-order valence-electron chi connectivity index (χ4n) is 3.27. The predicted molar refractivity (Wildman–Crippen MR) is 78.1 cm³/mol. The van der Waals surface area contributed by atoms with Gasteiger partial charge in [-0.1, -0.05) is 13.0 Å². The zero-order chi connectivity index (χ0) is 14.9. The Morgan fingerprint density at radius 1 is 1.24 bits per heavy atom. The number of fused-ring (bicyclic) bond motifs is 1. The second kappa shape index (κ2) is 5.57. The molecule has 112 valence electrons. The van der Waals surface area contributed by atoms with Gasteiger partial charge in [-0.15, -0.1) is 0 Å². The fraction of sp³-hybridized carbons (Fsp3) is 0.588. The van der Waals surface area contributed by atoms with Crippen molar-refractivity contribution in [2.24, 2.45) is 11.3 Å². The van der Waals surface area contributed by atoms with Gasteiger partial charge in [-0.25, -0.2) is 0 Å². The summed E-state index contributed by atoms with van der Waals surface area (Å²) in [7, 11) is 0. The summed E-state index contributed by atoms with van der Waals surface area (Å²) in [6, 6.07) is 7.88. The van der Waals surface area contributed by atoms with Gasteiger partial charge in [-0.05, 0) is 49.3 Å². The normalized spacial score (nSPS) is 29.5. The molecule has 21 heavy (non-hydrogen) atoms. The molecule has 0 bridgehead atoms. The van der Waals surface area contributed by atoms with Crippen molar-refractivity contribution in [1.82, 2.24) is 0 Å². The first-order chi connectivity index (χ1) is 10.1. The molecule has 4 heteroatoms. The Morgan fingerprint density at radius 3 is 2.57 bits per heavy atom. The highest BCUT2D eigenvalue weighted by Crippen LogP contribution is 2.48. The maximum Gasteiger partial charge on any atom is 0.161 e. The van der Waals surface area contributed by atoms with Gasteiger partial charge in [0.05, 0.1) is 17.6 Å². The molecule has 1 aromatic rings. The van der Waals surface area contributed by atoms with Gasteiger partial charge in [0.25, 0.3) is 0 Å². The van der Waals surface area contributed by atoms with Crippen LogP contribution >= 0.6 is 0 Å². The molecule has 1 atom stereocenters. The Morgan fingerprint density at radius 2 is 1.90 bits per heavy atom. The van der Waals surface area contributed by atoms with Gasteiger partial charge in [0, 0.05) is 0 Å². The molecular weight excluding hydrogens is 266 g/mol. The molecule has 1 N–H and O–H groups in total. The van der Waals surface area contributed by atoms with Gasteiger partial charge in [0.15, 0.2) is 11.5 Å². The number of hydrogen-bond donors (Lipinski definition) is 1. The maximum atomic E-state index is 10.8. The minimum absolute atomic E-state index is 0.521. The lowest BCUT2D eigenvalue weighted by atomic mass is 9.67. The monoisotopic (exact) mass is 287 g/mol. The number of aliphatic hydroxyl groups excluding tert-OH is 1. The van der Waals surface area contributed by atoms with Crippen molar-refractivity contribution in [1.29, 1.82) is 5.26 Å². The molecule has 4 nitrogen and oxygen atoms in total. The molecule has 1 fully saturated rings. The van der Waals surface area contributed by atoms with Crippen LogP contribution in [0.5, 0.6) is 11.5 Å². The minimum atomic E-state index is -0.772. The van der Waals surface area contributed by atoms with Crippen molar-refractivity contribution < 1.29 is 14.6 Å². The topological polar surface area (TPSA) is 62.5 Å². The lowest BCUT2D eigenvalue weighted by Gasteiger charge is -2.37. The summed E-state index contributed by atoms with van der Waals surface area (Å²) in [6.07, 6.45) is 2.72. The van der Waals surface area contributed by atoms with Crippen molar-refractivity contribution in [3.63, 3.8) is 0 Å². The zero-order valence-corrected chi connectivity index (χ0v) is 12.3. The summed E-state index contributed by atoms with van der Waals surface area (Å²) in [5.74, 6) is 2.01. The number of ether oxygens (including phenoxy) is 2. The van der Waals surface area contributed by atoms with Gasteiger partial charge in [0.2, 0.25) is 0 Å². The van der Waals surface area contributed by atoms with E-state index in [1.807, 2.05) is 18.2 Å². The van der Waals surface area contributed by atoms with E-state index in [1.165, 1.54) is 0 Å². The molecule has 1 unspecified atom stereocenters. The molecule has 0 radical (unpaired) electrons. The Hall–Kier alpha value is -1.73. The quantitative estimate of drug-likeness (QED) is 0.907. The predicted octanol–water partition coefficient (Wildman–Crippen LogP) is 3.21. The molecule has 3 rings (SSSR count). The number of nitriles is 1. The highest BCUT2D eigenvalue weighted by molar-refractivity contribution is 5.45. The van der Waals surface area contributed by atoms with E-state index in [9.17, 15) is 10.4 Å². The van der Waals surface area contributed by atoms with Crippen LogP contribution in [-0.2, 0) is 0 Å². The third-order valence-corrected chi connectivity index (χ3v) is 4.79. The first-order valence-electron chi connectivity index (χ1n) is 7.63. The van der Waals surface area contributed by atoms with Crippen LogP contribution in [0, 0.1) is 22.7 Å². The SMILES string of the molecule is CC1CCC(C#N)(C(O)c2ccc3c(c2)OCCO3)CC1. The average Bonchev–Trinajstić information content (AvgIpc) is 2.55. The van der Waals surface area contributed by atoms with Crippen LogP contribution in [0.3, 0.4) is 0 Å². The van der Waals surface area contributed by atoms with Crippen molar-refractivity contribution in [3.05, 3.63) is 23.8 Å². The average molecular weight is 287 g/mol. The van der Waals surface area contributed by atoms with Crippen molar-refractivity contribution in [2.75, 3.05) is 13.2 Å². The lowest BCUT2D eigenvalue weighted by molar-refractivity contribution is 0.0263. The van der Waals surface area contributed by atoms with Crippen LogP contribution in [0.4, 0.5) is 0 Å². The summed E-state index contributed by atoms with van der Waals surface area (Å²) in [5.41, 5.74) is 0.0753. The van der Waals surface area contributed by atoms with E-state index in [4.69, 9.17) is 9.47 Å². The number of benzene rings is 1. The van der Waals surface area contributed by atoms with Crippen molar-refractivity contribution in [2.45, 2.75) is 38.7 Å². The molecule has 0 amide bonds. The standard InChI is InChI=1S/C17H21NO3/c1-12-4-6-17(11-18,7-5-12)16(19)13-2-3-14-15(10-13)21-9-8-20-14/h2-3,10,12,16,19H,4-9H2,1H3. The summed E-state index contributed by atoms with van der Waals surface area (Å²) in [5, 5.41) is 20.4. The third-order valence-electron chi connectivity index (χ3n) is 4.79. The van der Waals surface area contributed by atoms with Gasteiger partial charge >= 0.3 is 0 Å².